The largest absolute Gasteiger partial charge is 0.461 e. The Morgan fingerprint density at radius 3 is 2.74 bits per heavy atom. The van der Waals surface area contributed by atoms with E-state index in [1.807, 2.05) is 36.4 Å². The molecule has 0 spiro atoms. The van der Waals surface area contributed by atoms with Gasteiger partial charge < -0.3 is 21.0 Å². The molecule has 1 aromatic rings. The minimum absolute atomic E-state index is 0.00279. The Morgan fingerprint density at radius 2 is 2.15 bits per heavy atom. The van der Waals surface area contributed by atoms with E-state index in [-0.39, 0.29) is 33.2 Å². The van der Waals surface area contributed by atoms with Gasteiger partial charge >= 0.3 is 5.97 Å². The van der Waals surface area contributed by atoms with Gasteiger partial charge in [-0.3, -0.25) is 4.79 Å². The summed E-state index contributed by atoms with van der Waals surface area (Å²) in [6.45, 7) is 3.96. The standard InChI is InChI=1S/C17H25BN6O3/c1-22-24(11-5-10-19)16(23-21)9-8-15(18-27-13-20)17(25)26-12-14-6-3-2-4-7-14/h2-4,6-7,15,18H,1,5,8-9,11-13,20-21H2/b23-16-. The van der Waals surface area contributed by atoms with Crippen LogP contribution in [0.2, 0.25) is 5.82 Å². The van der Waals surface area contributed by atoms with Crippen molar-refractivity contribution in [1.29, 1.82) is 5.26 Å². The molecule has 144 valence electrons. The summed E-state index contributed by atoms with van der Waals surface area (Å²) in [5, 5.41) is 17.7. The Hall–Kier alpha value is -2.90. The number of hydrazone groups is 2. The van der Waals surface area contributed by atoms with Crippen molar-refractivity contribution in [3.05, 3.63) is 35.9 Å². The Labute approximate surface area is 159 Å². The maximum Gasteiger partial charge on any atom is 0.304 e. The van der Waals surface area contributed by atoms with Gasteiger partial charge in [0.15, 0.2) is 0 Å². The summed E-state index contributed by atoms with van der Waals surface area (Å²) in [5.41, 5.74) is 6.26. The van der Waals surface area contributed by atoms with Crippen molar-refractivity contribution in [2.45, 2.75) is 31.7 Å². The lowest BCUT2D eigenvalue weighted by molar-refractivity contribution is -0.145. The van der Waals surface area contributed by atoms with Crippen LogP contribution >= 0.6 is 0 Å². The lowest BCUT2D eigenvalue weighted by Crippen LogP contribution is -2.29. The van der Waals surface area contributed by atoms with Gasteiger partial charge in [0.05, 0.1) is 31.6 Å². The number of carbonyl (C=O) groups is 1. The van der Waals surface area contributed by atoms with E-state index in [4.69, 9.17) is 26.2 Å². The molecule has 0 heterocycles. The second-order valence-corrected chi connectivity index (χ2v) is 5.58. The number of nitriles is 1. The van der Waals surface area contributed by atoms with Crippen molar-refractivity contribution in [2.75, 3.05) is 13.3 Å². The fourth-order valence-corrected chi connectivity index (χ4v) is 2.33. The van der Waals surface area contributed by atoms with Crippen molar-refractivity contribution in [1.82, 2.24) is 5.01 Å². The number of amidine groups is 1. The zero-order valence-electron chi connectivity index (χ0n) is 15.3. The van der Waals surface area contributed by atoms with Crippen molar-refractivity contribution in [3.63, 3.8) is 0 Å². The number of esters is 1. The highest BCUT2D eigenvalue weighted by molar-refractivity contribution is 6.36. The molecule has 0 aliphatic rings. The van der Waals surface area contributed by atoms with E-state index in [0.29, 0.717) is 25.2 Å². The van der Waals surface area contributed by atoms with Crippen molar-refractivity contribution >= 4 is 26.0 Å². The predicted molar refractivity (Wildman–Crippen MR) is 105 cm³/mol. The Balaban J connectivity index is 2.65. The van der Waals surface area contributed by atoms with Crippen LogP contribution in [0.25, 0.3) is 0 Å². The topological polar surface area (TPSA) is 139 Å². The Morgan fingerprint density at radius 1 is 1.41 bits per heavy atom. The number of nitrogens with zero attached hydrogens (tertiary/aromatic N) is 4. The first kappa shape index (κ1) is 22.1. The first-order valence-corrected chi connectivity index (χ1v) is 8.52. The van der Waals surface area contributed by atoms with E-state index in [1.54, 1.807) is 0 Å². The average Bonchev–Trinajstić information content (AvgIpc) is 2.71. The molecule has 0 aliphatic heterocycles. The van der Waals surface area contributed by atoms with Crippen LogP contribution in [0.4, 0.5) is 0 Å². The van der Waals surface area contributed by atoms with Crippen LogP contribution in [0, 0.1) is 11.3 Å². The maximum atomic E-state index is 12.4. The zero-order chi connectivity index (χ0) is 19.9. The number of benzene rings is 1. The Bertz CT molecular complexity index is 650. The van der Waals surface area contributed by atoms with E-state index in [2.05, 4.69) is 16.9 Å². The minimum atomic E-state index is -0.531. The van der Waals surface area contributed by atoms with E-state index >= 15 is 0 Å². The third-order valence-electron chi connectivity index (χ3n) is 3.76. The smallest absolute Gasteiger partial charge is 0.304 e. The summed E-state index contributed by atoms with van der Waals surface area (Å²) >= 11 is 0. The van der Waals surface area contributed by atoms with Gasteiger partial charge in [-0.15, -0.1) is 0 Å². The van der Waals surface area contributed by atoms with Gasteiger partial charge in [0.2, 0.25) is 0 Å². The van der Waals surface area contributed by atoms with Crippen molar-refractivity contribution in [3.8, 4) is 6.07 Å². The molecule has 0 radical (unpaired) electrons. The molecule has 0 saturated carbocycles. The van der Waals surface area contributed by atoms with E-state index in [9.17, 15) is 4.79 Å². The Kier molecular flexibility index (Phi) is 10.9. The molecule has 4 N–H and O–H groups in total. The molecular weight excluding hydrogens is 347 g/mol. The molecule has 0 amide bonds. The number of ether oxygens (including phenoxy) is 1. The molecule has 0 saturated heterocycles. The van der Waals surface area contributed by atoms with Crippen LogP contribution in [-0.4, -0.2) is 44.3 Å². The molecule has 1 aromatic carbocycles. The number of hydrogen-bond acceptors (Lipinski definition) is 8. The van der Waals surface area contributed by atoms with Crippen LogP contribution in [0.1, 0.15) is 24.8 Å². The van der Waals surface area contributed by atoms with Gasteiger partial charge in [0, 0.05) is 13.1 Å². The lowest BCUT2D eigenvalue weighted by Gasteiger charge is -2.20. The predicted octanol–water partition coefficient (Wildman–Crippen LogP) is 0.686. The van der Waals surface area contributed by atoms with Crippen molar-refractivity contribution in [2.24, 2.45) is 21.8 Å². The lowest BCUT2D eigenvalue weighted by atomic mass is 9.76. The molecule has 0 aromatic heterocycles. The molecule has 0 aliphatic carbocycles. The number of nitrogens with two attached hydrogens (primary N) is 2. The average molecular weight is 372 g/mol. The second-order valence-electron chi connectivity index (χ2n) is 5.58. The molecule has 10 heteroatoms. The molecular formula is C17H25BN6O3. The fourth-order valence-electron chi connectivity index (χ4n) is 2.33. The van der Waals surface area contributed by atoms with Gasteiger partial charge in [-0.2, -0.15) is 15.5 Å². The van der Waals surface area contributed by atoms with Crippen LogP contribution in [0.15, 0.2) is 40.5 Å². The summed E-state index contributed by atoms with van der Waals surface area (Å²) in [6.07, 6.45) is 0.971. The molecule has 0 fully saturated rings. The maximum absolute atomic E-state index is 12.4. The van der Waals surface area contributed by atoms with Gasteiger partial charge in [-0.25, -0.2) is 5.01 Å². The fraction of sp³-hybridized carbons (Fsp3) is 0.412. The van der Waals surface area contributed by atoms with Crippen LogP contribution in [0.3, 0.4) is 0 Å². The van der Waals surface area contributed by atoms with E-state index in [0.717, 1.165) is 5.56 Å². The molecule has 1 atom stereocenters. The highest BCUT2D eigenvalue weighted by atomic mass is 16.5. The van der Waals surface area contributed by atoms with Gasteiger partial charge in [-0.05, 0) is 12.0 Å². The molecule has 0 bridgehead atoms. The summed E-state index contributed by atoms with van der Waals surface area (Å²) in [7, 11) is 0.127. The van der Waals surface area contributed by atoms with Gasteiger partial charge in [0.25, 0.3) is 7.48 Å². The third-order valence-corrected chi connectivity index (χ3v) is 3.76. The van der Waals surface area contributed by atoms with Gasteiger partial charge in [-0.1, -0.05) is 30.3 Å². The SMILES string of the molecule is C=NN(CCC#N)/C(CCC(BOCN)C(=O)OCc1ccccc1)=N\N. The summed E-state index contributed by atoms with van der Waals surface area (Å²) in [4.78, 5) is 12.4. The minimum Gasteiger partial charge on any atom is -0.461 e. The summed E-state index contributed by atoms with van der Waals surface area (Å²) in [5.74, 6) is 4.93. The van der Waals surface area contributed by atoms with Crippen LogP contribution < -0.4 is 11.6 Å². The highest BCUT2D eigenvalue weighted by Crippen LogP contribution is 2.18. The second kappa shape index (κ2) is 13.3. The quantitative estimate of drug-likeness (QED) is 0.105. The van der Waals surface area contributed by atoms with Crippen LogP contribution in [0.5, 0.6) is 0 Å². The summed E-state index contributed by atoms with van der Waals surface area (Å²) in [6, 6.07) is 11.4. The van der Waals surface area contributed by atoms with E-state index < -0.39 is 5.82 Å². The highest BCUT2D eigenvalue weighted by Gasteiger charge is 2.24. The third kappa shape index (κ3) is 8.35. The molecule has 27 heavy (non-hydrogen) atoms. The monoisotopic (exact) mass is 372 g/mol. The number of rotatable bonds is 12. The zero-order valence-corrected chi connectivity index (χ0v) is 15.3. The van der Waals surface area contributed by atoms with E-state index in [1.165, 1.54) is 5.01 Å². The van der Waals surface area contributed by atoms with Crippen molar-refractivity contribution < 1.29 is 14.2 Å². The number of hydrogen-bond donors (Lipinski definition) is 2. The first-order valence-electron chi connectivity index (χ1n) is 8.52. The van der Waals surface area contributed by atoms with Crippen LogP contribution in [-0.2, 0) is 20.8 Å². The normalized spacial score (nSPS) is 11.9. The molecule has 1 unspecified atom stereocenters. The first-order chi connectivity index (χ1) is 13.2. The summed E-state index contributed by atoms with van der Waals surface area (Å²) < 4.78 is 10.6. The molecule has 9 nitrogen and oxygen atoms in total. The number of carbonyl (C=O) groups excluding carboxylic acids is 1. The van der Waals surface area contributed by atoms with Gasteiger partial charge in [0.1, 0.15) is 12.4 Å². The molecule has 1 rings (SSSR count).